The third kappa shape index (κ3) is 4.61. The SMILES string of the molecule is O=C(O)c1ccc(Cc2cc3cc(C(=O)OCc4ccc5c(c4)CCS5)ccc3[nH]c2=O)cc1. The van der Waals surface area contributed by atoms with Crippen molar-refractivity contribution in [1.82, 2.24) is 4.98 Å². The van der Waals surface area contributed by atoms with Gasteiger partial charge in [0, 0.05) is 28.1 Å². The van der Waals surface area contributed by atoms with E-state index in [0.29, 0.717) is 23.1 Å². The third-order valence-electron chi connectivity index (χ3n) is 5.88. The second kappa shape index (κ2) is 9.19. The molecule has 1 aromatic heterocycles. The van der Waals surface area contributed by atoms with E-state index in [1.54, 1.807) is 36.4 Å². The minimum atomic E-state index is -0.996. The normalized spacial score (nSPS) is 12.5. The molecular weight excluding hydrogens is 450 g/mol. The van der Waals surface area contributed by atoms with Gasteiger partial charge in [-0.2, -0.15) is 0 Å². The predicted molar refractivity (Wildman–Crippen MR) is 131 cm³/mol. The van der Waals surface area contributed by atoms with Crippen molar-refractivity contribution in [3.05, 3.63) is 110 Å². The first kappa shape index (κ1) is 22.0. The summed E-state index contributed by atoms with van der Waals surface area (Å²) >= 11 is 1.85. The molecule has 0 aliphatic carbocycles. The Kier molecular flexibility index (Phi) is 5.94. The molecule has 0 fully saturated rings. The van der Waals surface area contributed by atoms with Gasteiger partial charge >= 0.3 is 11.9 Å². The van der Waals surface area contributed by atoms with Crippen LogP contribution in [0.3, 0.4) is 0 Å². The van der Waals surface area contributed by atoms with Crippen molar-refractivity contribution >= 4 is 34.6 Å². The van der Waals surface area contributed by atoms with Gasteiger partial charge in [0.25, 0.3) is 5.56 Å². The zero-order valence-electron chi connectivity index (χ0n) is 18.2. The summed E-state index contributed by atoms with van der Waals surface area (Å²) in [6.07, 6.45) is 1.38. The van der Waals surface area contributed by atoms with Gasteiger partial charge in [0.15, 0.2) is 0 Å². The average molecular weight is 472 g/mol. The minimum absolute atomic E-state index is 0.193. The fourth-order valence-corrected chi connectivity index (χ4v) is 5.11. The number of hydrogen-bond acceptors (Lipinski definition) is 5. The highest BCUT2D eigenvalue weighted by Crippen LogP contribution is 2.31. The van der Waals surface area contributed by atoms with E-state index >= 15 is 0 Å². The van der Waals surface area contributed by atoms with Crippen molar-refractivity contribution in [2.45, 2.75) is 24.3 Å². The maximum atomic E-state index is 12.7. The summed E-state index contributed by atoms with van der Waals surface area (Å²) in [7, 11) is 0. The van der Waals surface area contributed by atoms with Crippen molar-refractivity contribution in [3.63, 3.8) is 0 Å². The van der Waals surface area contributed by atoms with E-state index in [1.165, 1.54) is 22.6 Å². The van der Waals surface area contributed by atoms with Crippen molar-refractivity contribution in [3.8, 4) is 0 Å². The summed E-state index contributed by atoms with van der Waals surface area (Å²) in [5, 5.41) is 9.77. The average Bonchev–Trinajstić information content (AvgIpc) is 3.31. The second-order valence-electron chi connectivity index (χ2n) is 8.22. The van der Waals surface area contributed by atoms with Crippen LogP contribution in [0.5, 0.6) is 0 Å². The van der Waals surface area contributed by atoms with Crippen LogP contribution in [0.1, 0.15) is 43.0 Å². The number of carbonyl (C=O) groups is 2. The highest BCUT2D eigenvalue weighted by atomic mass is 32.2. The van der Waals surface area contributed by atoms with Crippen molar-refractivity contribution in [1.29, 1.82) is 0 Å². The number of thioether (sulfide) groups is 1. The summed E-state index contributed by atoms with van der Waals surface area (Å²) in [6.45, 7) is 0.206. The van der Waals surface area contributed by atoms with E-state index in [2.05, 4.69) is 17.1 Å². The fourth-order valence-electron chi connectivity index (χ4n) is 4.06. The number of aromatic nitrogens is 1. The highest BCUT2D eigenvalue weighted by molar-refractivity contribution is 7.99. The standard InChI is InChI=1S/C27H21NO5S/c29-25-22(11-16-1-4-18(5-2-16)26(30)31)14-21-13-20(6-7-23(21)28-25)27(32)33-15-17-3-8-24-19(12-17)9-10-34-24/h1-8,12-14H,9-11,15H2,(H,28,29)(H,30,31). The number of carboxylic acids is 1. The first-order valence-electron chi connectivity index (χ1n) is 10.9. The van der Waals surface area contributed by atoms with Gasteiger partial charge in [-0.15, -0.1) is 11.8 Å². The van der Waals surface area contributed by atoms with Crippen molar-refractivity contribution < 1.29 is 19.4 Å². The van der Waals surface area contributed by atoms with Gasteiger partial charge < -0.3 is 14.8 Å². The lowest BCUT2D eigenvalue weighted by Gasteiger charge is -2.08. The molecule has 0 unspecified atom stereocenters. The number of aromatic carboxylic acids is 1. The summed E-state index contributed by atoms with van der Waals surface area (Å²) in [5.41, 5.74) is 4.62. The molecule has 3 aromatic carbocycles. The largest absolute Gasteiger partial charge is 0.478 e. The van der Waals surface area contributed by atoms with Gasteiger partial charge in [0.05, 0.1) is 11.1 Å². The molecule has 7 heteroatoms. The van der Waals surface area contributed by atoms with Gasteiger partial charge in [0.1, 0.15) is 6.61 Å². The first-order valence-corrected chi connectivity index (χ1v) is 11.8. The van der Waals surface area contributed by atoms with E-state index in [0.717, 1.165) is 28.7 Å². The Hall–Kier alpha value is -3.84. The predicted octanol–water partition coefficient (Wildman–Crippen LogP) is 4.82. The molecule has 0 atom stereocenters. The van der Waals surface area contributed by atoms with Crippen LogP contribution >= 0.6 is 11.8 Å². The van der Waals surface area contributed by atoms with E-state index in [4.69, 9.17) is 9.84 Å². The molecule has 0 spiro atoms. The smallest absolute Gasteiger partial charge is 0.338 e. The summed E-state index contributed by atoms with van der Waals surface area (Å²) in [6, 6.07) is 19.4. The Labute approximate surface area is 199 Å². The van der Waals surface area contributed by atoms with E-state index in [1.807, 2.05) is 17.8 Å². The zero-order chi connectivity index (χ0) is 23.7. The Bertz CT molecular complexity index is 1470. The van der Waals surface area contributed by atoms with Crippen LogP contribution in [-0.2, 0) is 24.2 Å². The van der Waals surface area contributed by atoms with Crippen LogP contribution in [0.2, 0.25) is 0 Å². The molecule has 2 N–H and O–H groups in total. The molecule has 34 heavy (non-hydrogen) atoms. The zero-order valence-corrected chi connectivity index (χ0v) is 19.0. The number of fused-ring (bicyclic) bond motifs is 2. The number of carbonyl (C=O) groups excluding carboxylic acids is 1. The Morgan fingerprint density at radius 2 is 1.71 bits per heavy atom. The lowest BCUT2D eigenvalue weighted by Crippen LogP contribution is -2.13. The van der Waals surface area contributed by atoms with Gasteiger partial charge in [-0.1, -0.05) is 24.3 Å². The molecule has 2 heterocycles. The number of aromatic amines is 1. The number of carboxylic acid groups (broad SMARTS) is 1. The lowest BCUT2D eigenvalue weighted by molar-refractivity contribution is 0.0472. The maximum absolute atomic E-state index is 12.7. The quantitative estimate of drug-likeness (QED) is 0.391. The third-order valence-corrected chi connectivity index (χ3v) is 6.99. The lowest BCUT2D eigenvalue weighted by atomic mass is 10.0. The monoisotopic (exact) mass is 471 g/mol. The van der Waals surface area contributed by atoms with Crippen molar-refractivity contribution in [2.75, 3.05) is 5.75 Å². The molecule has 1 aliphatic rings. The number of ether oxygens (including phenoxy) is 1. The summed E-state index contributed by atoms with van der Waals surface area (Å²) in [5.74, 6) is -0.327. The van der Waals surface area contributed by atoms with Crippen LogP contribution in [0.4, 0.5) is 0 Å². The molecule has 4 aromatic rings. The van der Waals surface area contributed by atoms with Gasteiger partial charge in [0.2, 0.25) is 0 Å². The molecule has 0 saturated carbocycles. The van der Waals surface area contributed by atoms with Crippen LogP contribution in [0.25, 0.3) is 10.9 Å². The van der Waals surface area contributed by atoms with Crippen LogP contribution in [-0.4, -0.2) is 27.8 Å². The van der Waals surface area contributed by atoms with E-state index < -0.39 is 11.9 Å². The van der Waals surface area contributed by atoms with Crippen LogP contribution in [0, 0.1) is 0 Å². The molecule has 5 rings (SSSR count). The molecular formula is C27H21NO5S. The molecule has 0 amide bonds. The molecule has 0 saturated heterocycles. The molecule has 1 aliphatic heterocycles. The number of H-pyrrole nitrogens is 1. The Morgan fingerprint density at radius 3 is 2.50 bits per heavy atom. The number of rotatable bonds is 6. The number of aryl methyl sites for hydroxylation is 1. The molecule has 0 radical (unpaired) electrons. The van der Waals surface area contributed by atoms with Gasteiger partial charge in [-0.3, -0.25) is 4.79 Å². The highest BCUT2D eigenvalue weighted by Gasteiger charge is 2.14. The van der Waals surface area contributed by atoms with Crippen LogP contribution < -0.4 is 5.56 Å². The van der Waals surface area contributed by atoms with Gasteiger partial charge in [-0.05, 0) is 71.0 Å². The minimum Gasteiger partial charge on any atom is -0.478 e. The van der Waals surface area contributed by atoms with Gasteiger partial charge in [-0.25, -0.2) is 9.59 Å². The summed E-state index contributed by atoms with van der Waals surface area (Å²) in [4.78, 5) is 40.4. The van der Waals surface area contributed by atoms with E-state index in [9.17, 15) is 14.4 Å². The number of nitrogens with one attached hydrogen (secondary N) is 1. The molecule has 170 valence electrons. The van der Waals surface area contributed by atoms with Crippen LogP contribution in [0.15, 0.2) is 76.4 Å². The van der Waals surface area contributed by atoms with E-state index in [-0.39, 0.29) is 17.7 Å². The summed E-state index contributed by atoms with van der Waals surface area (Å²) < 4.78 is 5.54. The number of esters is 1. The Balaban J connectivity index is 1.33. The first-order chi connectivity index (χ1) is 16.5. The number of pyridine rings is 1. The molecule has 0 bridgehead atoms. The fraction of sp³-hybridized carbons (Fsp3) is 0.148. The van der Waals surface area contributed by atoms with Crippen molar-refractivity contribution in [2.24, 2.45) is 0 Å². The maximum Gasteiger partial charge on any atom is 0.338 e. The topological polar surface area (TPSA) is 96.5 Å². The molecule has 6 nitrogen and oxygen atoms in total. The number of hydrogen-bond donors (Lipinski definition) is 2. The number of benzene rings is 3. The second-order valence-corrected chi connectivity index (χ2v) is 9.36. The Morgan fingerprint density at radius 1 is 0.941 bits per heavy atom.